The van der Waals surface area contributed by atoms with Gasteiger partial charge in [-0.1, -0.05) is 31.2 Å². The average Bonchev–Trinajstić information content (AvgIpc) is 3.32. The lowest BCUT2D eigenvalue weighted by Gasteiger charge is -2.34. The molecule has 0 spiro atoms. The van der Waals surface area contributed by atoms with E-state index in [2.05, 4.69) is 16.7 Å². The SMILES string of the molecule is COC(=O)C(C)Cc1c(C2CCN(C(=O)OC(C)(C)C)CC2)cc2c(nc(C)n2-c2ccc(C#N)c3ccccc23)c1N. The number of nitrogens with zero attached hydrogens (tertiary/aromatic N) is 4. The molecule has 224 valence electrons. The number of anilines is 1. The van der Waals surface area contributed by atoms with Crippen molar-refractivity contribution in [1.29, 1.82) is 5.26 Å². The average molecular weight is 582 g/mol. The summed E-state index contributed by atoms with van der Waals surface area (Å²) >= 11 is 0. The van der Waals surface area contributed by atoms with Crippen LogP contribution in [0.5, 0.6) is 0 Å². The monoisotopic (exact) mass is 581 g/mol. The van der Waals surface area contributed by atoms with E-state index in [1.54, 1.807) is 4.90 Å². The van der Waals surface area contributed by atoms with Crippen molar-refractivity contribution < 1.29 is 19.1 Å². The number of nitriles is 1. The highest BCUT2D eigenvalue weighted by Gasteiger charge is 2.31. The van der Waals surface area contributed by atoms with Crippen LogP contribution < -0.4 is 5.73 Å². The number of aromatic nitrogens is 2. The van der Waals surface area contributed by atoms with Crippen LogP contribution in [0.3, 0.4) is 0 Å². The van der Waals surface area contributed by atoms with Crippen LogP contribution >= 0.6 is 0 Å². The van der Waals surface area contributed by atoms with Crippen molar-refractivity contribution in [2.45, 2.75) is 65.4 Å². The lowest BCUT2D eigenvalue weighted by Crippen LogP contribution is -2.41. The lowest BCUT2D eigenvalue weighted by atomic mass is 9.83. The van der Waals surface area contributed by atoms with Crippen LogP contribution in [-0.2, 0) is 20.7 Å². The minimum absolute atomic E-state index is 0.117. The number of amides is 1. The van der Waals surface area contributed by atoms with Gasteiger partial charge >= 0.3 is 12.1 Å². The molecule has 9 nitrogen and oxygen atoms in total. The number of hydrogen-bond donors (Lipinski definition) is 1. The van der Waals surface area contributed by atoms with E-state index in [9.17, 15) is 14.9 Å². The van der Waals surface area contributed by atoms with Gasteiger partial charge in [-0.2, -0.15) is 5.26 Å². The minimum Gasteiger partial charge on any atom is -0.469 e. The molecule has 0 saturated carbocycles. The molecular formula is C34H39N5O4. The molecule has 9 heteroatoms. The number of likely N-dealkylation sites (tertiary alicyclic amines) is 1. The first-order valence-electron chi connectivity index (χ1n) is 14.7. The summed E-state index contributed by atoms with van der Waals surface area (Å²) in [5.74, 6) is 0.193. The van der Waals surface area contributed by atoms with Gasteiger partial charge in [0.15, 0.2) is 0 Å². The highest BCUT2D eigenvalue weighted by Crippen LogP contribution is 2.40. The van der Waals surface area contributed by atoms with E-state index in [4.69, 9.17) is 20.2 Å². The van der Waals surface area contributed by atoms with Crippen LogP contribution in [0.2, 0.25) is 0 Å². The summed E-state index contributed by atoms with van der Waals surface area (Å²) in [6.07, 6.45) is 1.58. The summed E-state index contributed by atoms with van der Waals surface area (Å²) in [6, 6.07) is 16.1. The normalized spacial score (nSPS) is 15.0. The fourth-order valence-electron chi connectivity index (χ4n) is 6.18. The first kappa shape index (κ1) is 29.9. The lowest BCUT2D eigenvalue weighted by molar-refractivity contribution is -0.144. The fraction of sp³-hybridized carbons (Fsp3) is 0.412. The van der Waals surface area contributed by atoms with Gasteiger partial charge in [-0.15, -0.1) is 0 Å². The molecule has 1 aliphatic rings. The van der Waals surface area contributed by atoms with Gasteiger partial charge in [0.1, 0.15) is 16.9 Å². The maximum Gasteiger partial charge on any atom is 0.410 e. The van der Waals surface area contributed by atoms with Crippen molar-refractivity contribution in [3.8, 4) is 11.8 Å². The Morgan fingerprint density at radius 1 is 1.14 bits per heavy atom. The zero-order valence-electron chi connectivity index (χ0n) is 25.7. The van der Waals surface area contributed by atoms with Crippen molar-refractivity contribution in [2.24, 2.45) is 5.92 Å². The van der Waals surface area contributed by atoms with E-state index in [0.717, 1.165) is 51.8 Å². The highest BCUT2D eigenvalue weighted by molar-refractivity contribution is 5.98. The molecular weight excluding hydrogens is 542 g/mol. The summed E-state index contributed by atoms with van der Waals surface area (Å²) in [5.41, 5.74) is 11.9. The first-order valence-corrected chi connectivity index (χ1v) is 14.7. The van der Waals surface area contributed by atoms with Crippen LogP contribution in [-0.4, -0.2) is 52.3 Å². The Hall–Kier alpha value is -4.58. The van der Waals surface area contributed by atoms with E-state index >= 15 is 0 Å². The highest BCUT2D eigenvalue weighted by atomic mass is 16.6. The number of fused-ring (bicyclic) bond motifs is 2. The number of nitrogens with two attached hydrogens (primary N) is 1. The van der Waals surface area contributed by atoms with Crippen molar-refractivity contribution in [2.75, 3.05) is 25.9 Å². The van der Waals surface area contributed by atoms with Gasteiger partial charge in [-0.05, 0) is 82.2 Å². The fourth-order valence-corrected chi connectivity index (χ4v) is 6.18. The summed E-state index contributed by atoms with van der Waals surface area (Å²) in [7, 11) is 1.39. The number of ether oxygens (including phenoxy) is 2. The van der Waals surface area contributed by atoms with Gasteiger partial charge in [-0.25, -0.2) is 9.78 Å². The number of nitrogen functional groups attached to an aromatic ring is 1. The van der Waals surface area contributed by atoms with Gasteiger partial charge in [0.25, 0.3) is 0 Å². The maximum atomic E-state index is 12.8. The van der Waals surface area contributed by atoms with Crippen LogP contribution in [0.25, 0.3) is 27.5 Å². The standard InChI is InChI=1S/C34H39N5O4/c1-20(32(40)42-6)17-27-26(22-13-15-38(16-14-22)33(41)43-34(3,4)5)18-29-31(30(27)36)37-21(2)39(29)28-12-11-23(19-35)24-9-7-8-10-25(24)28/h7-12,18,20,22H,13-17,36H2,1-6H3. The molecule has 1 amide bonds. The second-order valence-electron chi connectivity index (χ2n) is 12.4. The number of rotatable bonds is 5. The summed E-state index contributed by atoms with van der Waals surface area (Å²) in [4.78, 5) is 31.9. The number of methoxy groups -OCH3 is 1. The van der Waals surface area contributed by atoms with Crippen molar-refractivity contribution in [1.82, 2.24) is 14.5 Å². The Kier molecular flexibility index (Phi) is 8.06. The smallest absolute Gasteiger partial charge is 0.410 e. The number of carbonyl (C=O) groups excluding carboxylic acids is 2. The van der Waals surface area contributed by atoms with Gasteiger partial charge in [0.05, 0.1) is 41.6 Å². The number of hydrogen-bond acceptors (Lipinski definition) is 7. The first-order chi connectivity index (χ1) is 20.4. The molecule has 1 atom stereocenters. The van der Waals surface area contributed by atoms with Gasteiger partial charge in [0, 0.05) is 23.9 Å². The molecule has 1 saturated heterocycles. The molecule has 2 heterocycles. The summed E-state index contributed by atoms with van der Waals surface area (Å²) < 4.78 is 12.7. The summed E-state index contributed by atoms with van der Waals surface area (Å²) in [6.45, 7) is 10.5. The molecule has 43 heavy (non-hydrogen) atoms. The number of benzene rings is 3. The minimum atomic E-state index is -0.559. The van der Waals surface area contributed by atoms with Crippen LogP contribution in [0, 0.1) is 24.2 Å². The van der Waals surface area contributed by atoms with Crippen LogP contribution in [0.4, 0.5) is 10.5 Å². The predicted molar refractivity (Wildman–Crippen MR) is 167 cm³/mol. The van der Waals surface area contributed by atoms with Gasteiger partial charge in [0.2, 0.25) is 0 Å². The molecule has 1 fully saturated rings. The number of piperidine rings is 1. The quantitative estimate of drug-likeness (QED) is 0.213. The maximum absolute atomic E-state index is 12.8. The largest absolute Gasteiger partial charge is 0.469 e. The van der Waals surface area contributed by atoms with Crippen molar-refractivity contribution in [3.05, 3.63) is 65.0 Å². The van der Waals surface area contributed by atoms with Crippen molar-refractivity contribution >= 4 is 39.6 Å². The second-order valence-corrected chi connectivity index (χ2v) is 12.4. The number of aryl methyl sites for hydroxylation is 1. The molecule has 0 aliphatic carbocycles. The van der Waals surface area contributed by atoms with Crippen LogP contribution in [0.1, 0.15) is 69.0 Å². The Balaban J connectivity index is 1.63. The Labute approximate surface area is 252 Å². The van der Waals surface area contributed by atoms with E-state index in [0.29, 0.717) is 36.3 Å². The molecule has 1 aliphatic heterocycles. The molecule has 5 rings (SSSR count). The zero-order valence-corrected chi connectivity index (χ0v) is 25.7. The number of carbonyl (C=O) groups is 2. The van der Waals surface area contributed by atoms with E-state index < -0.39 is 11.5 Å². The second kappa shape index (κ2) is 11.6. The molecule has 2 N–H and O–H groups in total. The third kappa shape index (κ3) is 5.74. The van der Waals surface area contributed by atoms with Gasteiger partial charge < -0.3 is 20.1 Å². The molecule has 4 aromatic rings. The summed E-state index contributed by atoms with van der Waals surface area (Å²) in [5, 5.41) is 11.5. The molecule has 1 aromatic heterocycles. The van der Waals surface area contributed by atoms with Gasteiger partial charge in [-0.3, -0.25) is 9.36 Å². The van der Waals surface area contributed by atoms with Crippen LogP contribution in [0.15, 0.2) is 42.5 Å². The Morgan fingerprint density at radius 3 is 2.44 bits per heavy atom. The van der Waals surface area contributed by atoms with E-state index in [1.807, 2.05) is 71.0 Å². The third-order valence-corrected chi connectivity index (χ3v) is 8.26. The molecule has 0 radical (unpaired) electrons. The van der Waals surface area contributed by atoms with E-state index in [-0.39, 0.29) is 18.0 Å². The Bertz CT molecular complexity index is 1750. The number of imidazole rings is 1. The van der Waals surface area contributed by atoms with Crippen molar-refractivity contribution in [3.63, 3.8) is 0 Å². The molecule has 3 aromatic carbocycles. The Morgan fingerprint density at radius 2 is 1.81 bits per heavy atom. The third-order valence-electron chi connectivity index (χ3n) is 8.26. The molecule has 0 bridgehead atoms. The van der Waals surface area contributed by atoms with E-state index in [1.165, 1.54) is 7.11 Å². The molecule has 1 unspecified atom stereocenters. The zero-order chi connectivity index (χ0) is 31.1. The number of esters is 1. The topological polar surface area (TPSA) is 123 Å². The predicted octanol–water partition coefficient (Wildman–Crippen LogP) is 6.41.